The van der Waals surface area contributed by atoms with Crippen LogP contribution in [-0.4, -0.2) is 58.9 Å². The van der Waals surface area contributed by atoms with Gasteiger partial charge in [0.1, 0.15) is 0 Å². The second-order valence-corrected chi connectivity index (χ2v) is 7.06. The summed E-state index contributed by atoms with van der Waals surface area (Å²) in [6.45, 7) is 0.864. The van der Waals surface area contributed by atoms with E-state index in [4.69, 9.17) is 4.74 Å². The Morgan fingerprint density at radius 3 is 2.70 bits per heavy atom. The van der Waals surface area contributed by atoms with Crippen LogP contribution < -0.4 is 10.1 Å². The van der Waals surface area contributed by atoms with Crippen molar-refractivity contribution in [3.63, 3.8) is 0 Å². The Bertz CT molecular complexity index is 741. The number of sulfonamides is 1. The van der Waals surface area contributed by atoms with E-state index >= 15 is 0 Å². The van der Waals surface area contributed by atoms with Gasteiger partial charge in [-0.15, -0.1) is 0 Å². The third kappa shape index (κ3) is 3.27. The van der Waals surface area contributed by atoms with Gasteiger partial charge in [-0.05, 0) is 12.8 Å². The van der Waals surface area contributed by atoms with Crippen LogP contribution in [0.15, 0.2) is 29.9 Å². The van der Waals surface area contributed by atoms with Crippen molar-refractivity contribution in [1.29, 1.82) is 0 Å². The summed E-state index contributed by atoms with van der Waals surface area (Å²) in [6.07, 6.45) is 7.18. The van der Waals surface area contributed by atoms with E-state index < -0.39 is 10.0 Å². The summed E-state index contributed by atoms with van der Waals surface area (Å²) in [5.74, 6) is 1.00. The van der Waals surface area contributed by atoms with Gasteiger partial charge < -0.3 is 15.0 Å². The standard InChI is InChI=1S/C13H18N6O3S/c1-22-13-12(15-4-5-16-13)18-10-2-6-19(7-3-10)23(20,21)11-8-14-9-17-11/h4-5,8-10H,2-3,6-7H2,1H3,(H,14,17)(H,15,18). The van der Waals surface area contributed by atoms with Crippen LogP contribution in [0.5, 0.6) is 5.88 Å². The molecule has 0 atom stereocenters. The SMILES string of the molecule is COc1nccnc1NC1CCN(S(=O)(=O)c2cnc[nH]2)CC1. The Morgan fingerprint density at radius 1 is 1.30 bits per heavy atom. The molecule has 0 spiro atoms. The summed E-state index contributed by atoms with van der Waals surface area (Å²) in [4.78, 5) is 14.7. The number of piperidine rings is 1. The molecule has 0 bridgehead atoms. The fraction of sp³-hybridized carbons (Fsp3) is 0.462. The van der Waals surface area contributed by atoms with E-state index in [1.807, 2.05) is 0 Å². The zero-order valence-electron chi connectivity index (χ0n) is 12.6. The predicted molar refractivity (Wildman–Crippen MR) is 82.6 cm³/mol. The Balaban J connectivity index is 1.63. The summed E-state index contributed by atoms with van der Waals surface area (Å²) in [6, 6.07) is 0.119. The molecular weight excluding hydrogens is 320 g/mol. The number of ether oxygens (including phenoxy) is 1. The summed E-state index contributed by atoms with van der Waals surface area (Å²) < 4.78 is 31.4. The number of aromatic amines is 1. The number of rotatable bonds is 5. The first-order chi connectivity index (χ1) is 11.1. The second-order valence-electron chi connectivity index (χ2n) is 5.15. The minimum Gasteiger partial charge on any atom is -0.478 e. The maximum absolute atomic E-state index is 12.4. The number of methoxy groups -OCH3 is 1. The van der Waals surface area contributed by atoms with E-state index in [1.54, 1.807) is 12.4 Å². The number of aromatic nitrogens is 4. The van der Waals surface area contributed by atoms with Gasteiger partial charge >= 0.3 is 0 Å². The van der Waals surface area contributed by atoms with Crippen molar-refractivity contribution < 1.29 is 13.2 Å². The van der Waals surface area contributed by atoms with Gasteiger partial charge in [0.25, 0.3) is 15.9 Å². The second kappa shape index (κ2) is 6.50. The van der Waals surface area contributed by atoms with Crippen LogP contribution in [0.25, 0.3) is 0 Å². The van der Waals surface area contributed by atoms with Crippen molar-refractivity contribution in [3.05, 3.63) is 24.9 Å². The van der Waals surface area contributed by atoms with E-state index in [0.29, 0.717) is 37.6 Å². The molecule has 23 heavy (non-hydrogen) atoms. The Hall–Kier alpha value is -2.20. The smallest absolute Gasteiger partial charge is 0.260 e. The predicted octanol–water partition coefficient (Wildman–Crippen LogP) is 0.473. The molecule has 0 aromatic carbocycles. The topological polar surface area (TPSA) is 113 Å². The van der Waals surface area contributed by atoms with Crippen LogP contribution in [-0.2, 0) is 10.0 Å². The Morgan fingerprint density at radius 2 is 2.04 bits per heavy atom. The molecule has 0 radical (unpaired) electrons. The Labute approximate surface area is 134 Å². The lowest BCUT2D eigenvalue weighted by Crippen LogP contribution is -2.42. The number of nitrogens with one attached hydrogen (secondary N) is 2. The van der Waals surface area contributed by atoms with Crippen LogP contribution in [0.1, 0.15) is 12.8 Å². The van der Waals surface area contributed by atoms with Crippen molar-refractivity contribution in [1.82, 2.24) is 24.2 Å². The quantitative estimate of drug-likeness (QED) is 0.815. The number of hydrogen-bond acceptors (Lipinski definition) is 7. The summed E-state index contributed by atoms with van der Waals surface area (Å²) in [5.41, 5.74) is 0. The molecule has 124 valence electrons. The summed E-state index contributed by atoms with van der Waals surface area (Å²) >= 11 is 0. The molecule has 2 aromatic rings. The molecule has 1 aliphatic rings. The molecule has 9 nitrogen and oxygen atoms in total. The van der Waals surface area contributed by atoms with Gasteiger partial charge in [-0.2, -0.15) is 4.31 Å². The monoisotopic (exact) mass is 338 g/mol. The van der Waals surface area contributed by atoms with Crippen molar-refractivity contribution in [2.45, 2.75) is 23.9 Å². The van der Waals surface area contributed by atoms with Crippen molar-refractivity contribution in [3.8, 4) is 5.88 Å². The number of nitrogens with zero attached hydrogens (tertiary/aromatic N) is 4. The van der Waals surface area contributed by atoms with Gasteiger partial charge in [-0.25, -0.2) is 23.4 Å². The van der Waals surface area contributed by atoms with E-state index in [9.17, 15) is 8.42 Å². The number of H-pyrrole nitrogens is 1. The zero-order chi connectivity index (χ0) is 16.3. The first kappa shape index (κ1) is 15.7. The highest BCUT2D eigenvalue weighted by atomic mass is 32.2. The number of imidazole rings is 1. The summed E-state index contributed by atoms with van der Waals surface area (Å²) in [5, 5.41) is 3.39. The van der Waals surface area contributed by atoms with Crippen LogP contribution >= 0.6 is 0 Å². The van der Waals surface area contributed by atoms with E-state index in [1.165, 1.54) is 23.9 Å². The third-order valence-electron chi connectivity index (χ3n) is 3.74. The molecule has 1 fully saturated rings. The average Bonchev–Trinajstić information content (AvgIpc) is 3.11. The van der Waals surface area contributed by atoms with Gasteiger partial charge in [-0.1, -0.05) is 0 Å². The van der Waals surface area contributed by atoms with Crippen molar-refractivity contribution in [2.75, 3.05) is 25.5 Å². The maximum Gasteiger partial charge on any atom is 0.260 e. The fourth-order valence-corrected chi connectivity index (χ4v) is 3.90. The van der Waals surface area contributed by atoms with E-state index in [0.717, 1.165) is 0 Å². The van der Waals surface area contributed by atoms with E-state index in [-0.39, 0.29) is 11.1 Å². The lowest BCUT2D eigenvalue weighted by atomic mass is 10.1. The largest absolute Gasteiger partial charge is 0.478 e. The highest BCUT2D eigenvalue weighted by Gasteiger charge is 2.30. The van der Waals surface area contributed by atoms with Gasteiger partial charge in [0.15, 0.2) is 10.8 Å². The minimum atomic E-state index is -3.49. The molecule has 1 saturated heterocycles. The molecular formula is C13H18N6O3S. The summed E-state index contributed by atoms with van der Waals surface area (Å²) in [7, 11) is -1.96. The van der Waals surface area contributed by atoms with Crippen LogP contribution in [0.2, 0.25) is 0 Å². The molecule has 2 N–H and O–H groups in total. The molecule has 10 heteroatoms. The molecule has 0 amide bonds. The number of hydrogen-bond donors (Lipinski definition) is 2. The fourth-order valence-electron chi connectivity index (χ4n) is 2.53. The average molecular weight is 338 g/mol. The molecule has 0 unspecified atom stereocenters. The van der Waals surface area contributed by atoms with Crippen LogP contribution in [0, 0.1) is 0 Å². The normalized spacial score (nSPS) is 17.1. The van der Waals surface area contributed by atoms with E-state index in [2.05, 4.69) is 25.3 Å². The number of anilines is 1. The third-order valence-corrected chi connectivity index (χ3v) is 5.57. The van der Waals surface area contributed by atoms with Gasteiger partial charge in [0.2, 0.25) is 0 Å². The molecule has 3 heterocycles. The van der Waals surface area contributed by atoms with Gasteiger partial charge in [0.05, 0.1) is 19.6 Å². The molecule has 0 saturated carbocycles. The minimum absolute atomic E-state index is 0.119. The molecule has 0 aliphatic carbocycles. The lowest BCUT2D eigenvalue weighted by Gasteiger charge is -2.31. The molecule has 1 aliphatic heterocycles. The molecule has 3 rings (SSSR count). The first-order valence-corrected chi connectivity index (χ1v) is 8.65. The van der Waals surface area contributed by atoms with Gasteiger partial charge in [-0.3, -0.25) is 0 Å². The van der Waals surface area contributed by atoms with Gasteiger partial charge in [0, 0.05) is 31.5 Å². The lowest BCUT2D eigenvalue weighted by molar-refractivity contribution is 0.327. The highest BCUT2D eigenvalue weighted by Crippen LogP contribution is 2.23. The maximum atomic E-state index is 12.4. The molecule has 2 aromatic heterocycles. The Kier molecular flexibility index (Phi) is 4.44. The zero-order valence-corrected chi connectivity index (χ0v) is 13.5. The van der Waals surface area contributed by atoms with Crippen molar-refractivity contribution >= 4 is 15.8 Å². The van der Waals surface area contributed by atoms with Crippen LogP contribution in [0.3, 0.4) is 0 Å². The highest BCUT2D eigenvalue weighted by molar-refractivity contribution is 7.89. The van der Waals surface area contributed by atoms with Crippen LogP contribution in [0.4, 0.5) is 5.82 Å². The first-order valence-electron chi connectivity index (χ1n) is 7.21. The van der Waals surface area contributed by atoms with Crippen molar-refractivity contribution in [2.24, 2.45) is 0 Å².